The van der Waals surface area contributed by atoms with Crippen LogP contribution in [-0.2, 0) is 0 Å². The standard InChI is InChI=1S/C11H10BrNO3/c1-4-5(2)9-7(6(3)8(4)12)10(14)16-11(15)13-9/h1-3H3,(H,13,15). The number of aryl methyl sites for hydroxylation is 2. The van der Waals surface area contributed by atoms with Gasteiger partial charge in [-0.1, -0.05) is 15.9 Å². The highest BCUT2D eigenvalue weighted by Crippen LogP contribution is 2.29. The molecule has 2 rings (SSSR count). The molecule has 5 heteroatoms. The number of halogens is 1. The second-order valence-electron chi connectivity index (χ2n) is 3.74. The van der Waals surface area contributed by atoms with Gasteiger partial charge in [0.2, 0.25) is 0 Å². The van der Waals surface area contributed by atoms with Gasteiger partial charge in [0, 0.05) is 4.47 Å². The van der Waals surface area contributed by atoms with Crippen LogP contribution in [0, 0.1) is 20.8 Å². The van der Waals surface area contributed by atoms with Crippen molar-refractivity contribution in [2.45, 2.75) is 20.8 Å². The van der Waals surface area contributed by atoms with E-state index in [1.807, 2.05) is 20.8 Å². The number of aromatic nitrogens is 1. The van der Waals surface area contributed by atoms with Crippen LogP contribution in [0.1, 0.15) is 16.7 Å². The Kier molecular flexibility index (Phi) is 2.50. The maximum atomic E-state index is 11.6. The number of fused-ring (bicyclic) bond motifs is 1. The zero-order chi connectivity index (χ0) is 12.0. The van der Waals surface area contributed by atoms with E-state index in [2.05, 4.69) is 25.3 Å². The van der Waals surface area contributed by atoms with Crippen LogP contribution in [0.3, 0.4) is 0 Å². The topological polar surface area (TPSA) is 63.1 Å². The van der Waals surface area contributed by atoms with Gasteiger partial charge in [-0.3, -0.25) is 4.98 Å². The molecule has 1 aromatic carbocycles. The lowest BCUT2D eigenvalue weighted by Crippen LogP contribution is -2.16. The number of benzene rings is 1. The highest BCUT2D eigenvalue weighted by atomic mass is 79.9. The molecular weight excluding hydrogens is 274 g/mol. The third kappa shape index (κ3) is 1.43. The van der Waals surface area contributed by atoms with Crippen molar-refractivity contribution >= 4 is 26.8 Å². The van der Waals surface area contributed by atoms with Crippen LogP contribution in [0.4, 0.5) is 0 Å². The minimum atomic E-state index is -0.721. The van der Waals surface area contributed by atoms with E-state index in [0.29, 0.717) is 10.9 Å². The molecular formula is C11H10BrNO3. The van der Waals surface area contributed by atoms with Crippen molar-refractivity contribution in [1.82, 2.24) is 4.98 Å². The molecule has 4 nitrogen and oxygen atoms in total. The van der Waals surface area contributed by atoms with E-state index < -0.39 is 11.4 Å². The Bertz CT molecular complexity index is 697. The first kappa shape index (κ1) is 11.1. The summed E-state index contributed by atoms with van der Waals surface area (Å²) in [4.78, 5) is 25.3. The van der Waals surface area contributed by atoms with Gasteiger partial charge in [0.1, 0.15) is 0 Å². The monoisotopic (exact) mass is 283 g/mol. The summed E-state index contributed by atoms with van der Waals surface area (Å²) in [5.74, 6) is -0.721. The molecule has 0 spiro atoms. The van der Waals surface area contributed by atoms with Crippen LogP contribution in [0.5, 0.6) is 0 Å². The van der Waals surface area contributed by atoms with Gasteiger partial charge < -0.3 is 4.42 Å². The summed E-state index contributed by atoms with van der Waals surface area (Å²) < 4.78 is 5.41. The fourth-order valence-electron chi connectivity index (χ4n) is 1.79. The summed E-state index contributed by atoms with van der Waals surface area (Å²) >= 11 is 3.43. The first-order valence-corrected chi connectivity index (χ1v) is 5.55. The van der Waals surface area contributed by atoms with Crippen molar-refractivity contribution in [3.63, 3.8) is 0 Å². The summed E-state index contributed by atoms with van der Waals surface area (Å²) in [6.45, 7) is 5.60. The second-order valence-corrected chi connectivity index (χ2v) is 4.53. The third-order valence-corrected chi connectivity index (χ3v) is 4.03. The average Bonchev–Trinajstić information content (AvgIpc) is 2.22. The lowest BCUT2D eigenvalue weighted by molar-refractivity contribution is 0.459. The zero-order valence-electron chi connectivity index (χ0n) is 9.10. The normalized spacial score (nSPS) is 11.0. The summed E-state index contributed by atoms with van der Waals surface area (Å²) in [6.07, 6.45) is 0. The highest BCUT2D eigenvalue weighted by molar-refractivity contribution is 9.10. The van der Waals surface area contributed by atoms with Crippen LogP contribution in [0.15, 0.2) is 18.5 Å². The number of aromatic amines is 1. The van der Waals surface area contributed by atoms with E-state index in [4.69, 9.17) is 0 Å². The van der Waals surface area contributed by atoms with Gasteiger partial charge in [0.25, 0.3) is 0 Å². The van der Waals surface area contributed by atoms with Crippen molar-refractivity contribution in [2.24, 2.45) is 0 Å². The van der Waals surface area contributed by atoms with E-state index in [0.717, 1.165) is 21.2 Å². The molecule has 2 aromatic rings. The van der Waals surface area contributed by atoms with Gasteiger partial charge >= 0.3 is 11.4 Å². The zero-order valence-corrected chi connectivity index (χ0v) is 10.7. The van der Waals surface area contributed by atoms with E-state index in [9.17, 15) is 9.59 Å². The lowest BCUT2D eigenvalue weighted by Gasteiger charge is -2.10. The summed E-state index contributed by atoms with van der Waals surface area (Å²) in [7, 11) is 0. The molecule has 0 saturated carbocycles. The Morgan fingerprint density at radius 1 is 1.06 bits per heavy atom. The fraction of sp³-hybridized carbons (Fsp3) is 0.273. The van der Waals surface area contributed by atoms with Gasteiger partial charge in [-0.15, -0.1) is 0 Å². The number of nitrogens with one attached hydrogen (secondary N) is 1. The molecule has 0 bridgehead atoms. The van der Waals surface area contributed by atoms with Crippen LogP contribution in [0.25, 0.3) is 10.9 Å². The average molecular weight is 284 g/mol. The van der Waals surface area contributed by atoms with Gasteiger partial charge in [-0.2, -0.15) is 0 Å². The maximum Gasteiger partial charge on any atom is 0.419 e. The minimum Gasteiger partial charge on any atom is -0.372 e. The predicted molar refractivity (Wildman–Crippen MR) is 65.0 cm³/mol. The van der Waals surface area contributed by atoms with Gasteiger partial charge in [0.05, 0.1) is 10.9 Å². The summed E-state index contributed by atoms with van der Waals surface area (Å²) in [5.41, 5.74) is 2.62. The first-order chi connectivity index (χ1) is 7.43. The molecule has 0 saturated heterocycles. The molecule has 0 aliphatic rings. The Labute approximate surface area is 99.4 Å². The highest BCUT2D eigenvalue weighted by Gasteiger charge is 2.14. The molecule has 0 fully saturated rings. The summed E-state index contributed by atoms with van der Waals surface area (Å²) in [6, 6.07) is 0. The van der Waals surface area contributed by atoms with Crippen molar-refractivity contribution in [3.8, 4) is 0 Å². The van der Waals surface area contributed by atoms with E-state index in [1.54, 1.807) is 0 Å². The predicted octanol–water partition coefficient (Wildman–Crippen LogP) is 2.17. The number of rotatable bonds is 0. The van der Waals surface area contributed by atoms with Crippen molar-refractivity contribution in [3.05, 3.63) is 42.1 Å². The van der Waals surface area contributed by atoms with Crippen molar-refractivity contribution in [1.29, 1.82) is 0 Å². The molecule has 0 aliphatic heterocycles. The molecule has 0 unspecified atom stereocenters. The molecule has 0 aliphatic carbocycles. The number of H-pyrrole nitrogens is 1. The Morgan fingerprint density at radius 3 is 2.31 bits per heavy atom. The first-order valence-electron chi connectivity index (χ1n) is 4.76. The third-order valence-electron chi connectivity index (χ3n) is 2.84. The van der Waals surface area contributed by atoms with Crippen LogP contribution >= 0.6 is 15.9 Å². The largest absolute Gasteiger partial charge is 0.419 e. The molecule has 1 aromatic heterocycles. The Morgan fingerprint density at radius 2 is 1.69 bits per heavy atom. The second kappa shape index (κ2) is 3.59. The van der Waals surface area contributed by atoms with Crippen LogP contribution in [-0.4, -0.2) is 4.98 Å². The van der Waals surface area contributed by atoms with E-state index in [1.165, 1.54) is 0 Å². The number of hydrogen-bond donors (Lipinski definition) is 1. The van der Waals surface area contributed by atoms with E-state index in [-0.39, 0.29) is 0 Å². The molecule has 84 valence electrons. The molecule has 0 radical (unpaired) electrons. The quantitative estimate of drug-likeness (QED) is 0.806. The Hall–Kier alpha value is -1.36. The molecule has 1 N–H and O–H groups in total. The van der Waals surface area contributed by atoms with Crippen molar-refractivity contribution in [2.75, 3.05) is 0 Å². The lowest BCUT2D eigenvalue weighted by atomic mass is 10.0. The summed E-state index contributed by atoms with van der Waals surface area (Å²) in [5, 5.41) is 0.426. The van der Waals surface area contributed by atoms with Crippen molar-refractivity contribution < 1.29 is 4.42 Å². The van der Waals surface area contributed by atoms with Gasteiger partial charge in [0.15, 0.2) is 0 Å². The number of hydrogen-bond acceptors (Lipinski definition) is 3. The molecule has 1 heterocycles. The fourth-order valence-corrected chi connectivity index (χ4v) is 2.29. The van der Waals surface area contributed by atoms with Crippen LogP contribution < -0.4 is 11.4 Å². The van der Waals surface area contributed by atoms with Crippen LogP contribution in [0.2, 0.25) is 0 Å². The van der Waals surface area contributed by atoms with Gasteiger partial charge in [-0.05, 0) is 37.5 Å². The van der Waals surface area contributed by atoms with E-state index >= 15 is 0 Å². The molecule has 16 heavy (non-hydrogen) atoms. The van der Waals surface area contributed by atoms with Gasteiger partial charge in [-0.25, -0.2) is 9.59 Å². The SMILES string of the molecule is Cc1c(Br)c(C)c2c(=O)oc(=O)[nH]c2c1C. The Balaban J connectivity index is 3.21. The minimum absolute atomic E-state index is 0.426. The maximum absolute atomic E-state index is 11.6. The molecule has 0 atom stereocenters. The smallest absolute Gasteiger partial charge is 0.372 e. The molecule has 0 amide bonds.